The minimum atomic E-state index is -4.54. The smallest absolute Gasteiger partial charge is 0.298 e. The van der Waals surface area contributed by atoms with Crippen LogP contribution in [-0.4, -0.2) is 6.29 Å². The Morgan fingerprint density at radius 3 is 2.21 bits per heavy atom. The van der Waals surface area contributed by atoms with Crippen molar-refractivity contribution in [3.8, 4) is 11.1 Å². The fraction of sp³-hybridized carbons (Fsp3) is 0.0714. The fourth-order valence-corrected chi connectivity index (χ4v) is 1.76. The van der Waals surface area contributed by atoms with Crippen LogP contribution in [0.4, 0.5) is 17.6 Å². The zero-order valence-electron chi connectivity index (χ0n) is 9.54. The van der Waals surface area contributed by atoms with Gasteiger partial charge in [0.25, 0.3) is 0 Å². The van der Waals surface area contributed by atoms with Crippen molar-refractivity contribution in [2.45, 2.75) is 6.18 Å². The van der Waals surface area contributed by atoms with Crippen LogP contribution in [0.2, 0.25) is 0 Å². The lowest BCUT2D eigenvalue weighted by atomic mass is 9.97. The number of halogens is 4. The van der Waals surface area contributed by atoms with Crippen molar-refractivity contribution in [3.05, 3.63) is 59.4 Å². The van der Waals surface area contributed by atoms with E-state index in [0.717, 1.165) is 18.2 Å². The predicted molar refractivity (Wildman–Crippen MR) is 62.2 cm³/mol. The van der Waals surface area contributed by atoms with E-state index in [-0.39, 0.29) is 23.0 Å². The maximum absolute atomic E-state index is 13.6. The number of carbonyl (C=O) groups is 1. The van der Waals surface area contributed by atoms with Crippen molar-refractivity contribution in [1.82, 2.24) is 0 Å². The molecular weight excluding hydrogens is 260 g/mol. The zero-order valence-corrected chi connectivity index (χ0v) is 9.54. The first kappa shape index (κ1) is 13.3. The molecule has 19 heavy (non-hydrogen) atoms. The predicted octanol–water partition coefficient (Wildman–Crippen LogP) is 4.32. The lowest BCUT2D eigenvalue weighted by Gasteiger charge is -2.11. The molecule has 98 valence electrons. The number of benzene rings is 2. The second-order valence-corrected chi connectivity index (χ2v) is 3.90. The molecule has 2 rings (SSSR count). The largest absolute Gasteiger partial charge is 0.416 e. The summed E-state index contributed by atoms with van der Waals surface area (Å²) in [5.74, 6) is -0.592. The third kappa shape index (κ3) is 2.65. The van der Waals surface area contributed by atoms with Gasteiger partial charge in [0.1, 0.15) is 5.82 Å². The highest BCUT2D eigenvalue weighted by molar-refractivity contribution is 5.88. The molecule has 1 nitrogen and oxygen atoms in total. The molecule has 0 heterocycles. The molecule has 0 saturated heterocycles. The first-order valence-electron chi connectivity index (χ1n) is 5.35. The molecule has 0 unspecified atom stereocenters. The van der Waals surface area contributed by atoms with E-state index in [1.165, 1.54) is 18.2 Å². The Hall–Kier alpha value is -2.17. The molecule has 0 aliphatic heterocycles. The molecule has 0 N–H and O–H groups in total. The quantitative estimate of drug-likeness (QED) is 0.585. The number of aldehydes is 1. The second kappa shape index (κ2) is 4.84. The first-order valence-corrected chi connectivity index (χ1v) is 5.35. The van der Waals surface area contributed by atoms with E-state index in [9.17, 15) is 22.4 Å². The van der Waals surface area contributed by atoms with E-state index < -0.39 is 17.6 Å². The minimum absolute atomic E-state index is 0.0957. The number of hydrogen-bond acceptors (Lipinski definition) is 1. The average molecular weight is 268 g/mol. The molecule has 0 fully saturated rings. The van der Waals surface area contributed by atoms with Gasteiger partial charge >= 0.3 is 6.18 Å². The topological polar surface area (TPSA) is 17.1 Å². The summed E-state index contributed by atoms with van der Waals surface area (Å²) in [7, 11) is 0. The summed E-state index contributed by atoms with van der Waals surface area (Å²) in [5.41, 5.74) is -0.894. The molecular formula is C14H8F4O. The Balaban J connectivity index is 2.60. The van der Waals surface area contributed by atoms with Crippen molar-refractivity contribution in [3.63, 3.8) is 0 Å². The molecule has 0 saturated carbocycles. The Morgan fingerprint density at radius 2 is 1.63 bits per heavy atom. The number of hydrogen-bond donors (Lipinski definition) is 0. The Kier molecular flexibility index (Phi) is 3.38. The van der Waals surface area contributed by atoms with E-state index in [0.29, 0.717) is 0 Å². The molecule has 0 amide bonds. The molecule has 0 aromatic heterocycles. The molecule has 5 heteroatoms. The summed E-state index contributed by atoms with van der Waals surface area (Å²) in [6, 6.07) is 8.25. The SMILES string of the molecule is O=Cc1cc(C(F)(F)F)ccc1-c1ccccc1F. The highest BCUT2D eigenvalue weighted by Crippen LogP contribution is 2.33. The summed E-state index contributed by atoms with van der Waals surface area (Å²) in [5, 5.41) is 0. The molecule has 2 aromatic carbocycles. The van der Waals surface area contributed by atoms with Crippen molar-refractivity contribution >= 4 is 6.29 Å². The minimum Gasteiger partial charge on any atom is -0.298 e. The van der Waals surface area contributed by atoms with Crippen LogP contribution in [-0.2, 0) is 6.18 Å². The van der Waals surface area contributed by atoms with E-state index in [4.69, 9.17) is 0 Å². The molecule has 0 aliphatic carbocycles. The Bertz CT molecular complexity index is 617. The summed E-state index contributed by atoms with van der Waals surface area (Å²) in [6.07, 6.45) is -4.25. The van der Waals surface area contributed by atoms with Crippen molar-refractivity contribution in [1.29, 1.82) is 0 Å². The lowest BCUT2D eigenvalue weighted by molar-refractivity contribution is -0.137. The van der Waals surface area contributed by atoms with Crippen LogP contribution in [0, 0.1) is 5.82 Å². The Morgan fingerprint density at radius 1 is 0.947 bits per heavy atom. The highest BCUT2D eigenvalue weighted by atomic mass is 19.4. The van der Waals surface area contributed by atoms with Gasteiger partial charge in [0, 0.05) is 11.1 Å². The van der Waals surface area contributed by atoms with Crippen LogP contribution in [0.15, 0.2) is 42.5 Å². The van der Waals surface area contributed by atoms with Crippen LogP contribution >= 0.6 is 0 Å². The lowest BCUT2D eigenvalue weighted by Crippen LogP contribution is -2.06. The summed E-state index contributed by atoms with van der Waals surface area (Å²) in [4.78, 5) is 10.9. The van der Waals surface area contributed by atoms with Gasteiger partial charge in [-0.1, -0.05) is 24.3 Å². The summed E-state index contributed by atoms with van der Waals surface area (Å²) >= 11 is 0. The number of carbonyl (C=O) groups excluding carboxylic acids is 1. The van der Waals surface area contributed by atoms with Gasteiger partial charge < -0.3 is 0 Å². The zero-order chi connectivity index (χ0) is 14.0. The van der Waals surface area contributed by atoms with Crippen LogP contribution < -0.4 is 0 Å². The maximum Gasteiger partial charge on any atom is 0.416 e. The number of alkyl halides is 3. The van der Waals surface area contributed by atoms with Crippen LogP contribution in [0.3, 0.4) is 0 Å². The van der Waals surface area contributed by atoms with E-state index >= 15 is 0 Å². The van der Waals surface area contributed by atoms with E-state index in [1.807, 2.05) is 0 Å². The van der Waals surface area contributed by atoms with Gasteiger partial charge in [0.05, 0.1) is 5.56 Å². The fourth-order valence-electron chi connectivity index (χ4n) is 1.76. The van der Waals surface area contributed by atoms with Gasteiger partial charge in [-0.25, -0.2) is 4.39 Å². The van der Waals surface area contributed by atoms with Crippen molar-refractivity contribution in [2.75, 3.05) is 0 Å². The highest BCUT2D eigenvalue weighted by Gasteiger charge is 2.31. The maximum atomic E-state index is 13.6. The van der Waals surface area contributed by atoms with Gasteiger partial charge in [-0.15, -0.1) is 0 Å². The van der Waals surface area contributed by atoms with Crippen molar-refractivity contribution in [2.24, 2.45) is 0 Å². The molecule has 0 bridgehead atoms. The Labute approximate surface area is 106 Å². The van der Waals surface area contributed by atoms with Gasteiger partial charge in [-0.3, -0.25) is 4.79 Å². The van der Waals surface area contributed by atoms with Gasteiger partial charge in [0.15, 0.2) is 6.29 Å². The van der Waals surface area contributed by atoms with Crippen LogP contribution in [0.5, 0.6) is 0 Å². The van der Waals surface area contributed by atoms with Crippen LogP contribution in [0.1, 0.15) is 15.9 Å². The van der Waals surface area contributed by atoms with Crippen molar-refractivity contribution < 1.29 is 22.4 Å². The van der Waals surface area contributed by atoms with E-state index in [2.05, 4.69) is 0 Å². The van der Waals surface area contributed by atoms with Gasteiger partial charge in [-0.05, 0) is 23.8 Å². The third-order valence-electron chi connectivity index (χ3n) is 2.67. The standard InChI is InChI=1S/C14H8F4O/c15-13-4-2-1-3-12(13)11-6-5-10(14(16,17)18)7-9(11)8-19/h1-8H. The third-order valence-corrected chi connectivity index (χ3v) is 2.67. The molecule has 0 aliphatic rings. The molecule has 2 aromatic rings. The van der Waals surface area contributed by atoms with E-state index in [1.54, 1.807) is 6.07 Å². The summed E-state index contributed by atoms with van der Waals surface area (Å²) < 4.78 is 51.2. The van der Waals surface area contributed by atoms with Gasteiger partial charge in [0.2, 0.25) is 0 Å². The molecule has 0 radical (unpaired) electrons. The summed E-state index contributed by atoms with van der Waals surface area (Å²) in [6.45, 7) is 0. The molecule has 0 spiro atoms. The second-order valence-electron chi connectivity index (χ2n) is 3.90. The normalized spacial score (nSPS) is 11.4. The number of rotatable bonds is 2. The van der Waals surface area contributed by atoms with Gasteiger partial charge in [-0.2, -0.15) is 13.2 Å². The first-order chi connectivity index (χ1) is 8.93. The van der Waals surface area contributed by atoms with Crippen LogP contribution in [0.25, 0.3) is 11.1 Å². The molecule has 0 atom stereocenters. The monoisotopic (exact) mass is 268 g/mol. The average Bonchev–Trinajstić information content (AvgIpc) is 2.37.